The van der Waals surface area contributed by atoms with Crippen molar-refractivity contribution in [3.05, 3.63) is 29.8 Å². The molecule has 1 aromatic rings. The van der Waals surface area contributed by atoms with Gasteiger partial charge in [0.05, 0.1) is 26.2 Å². The van der Waals surface area contributed by atoms with Crippen LogP contribution in [0, 0.1) is 0 Å². The molecule has 3 atom stereocenters. The molecule has 1 aromatic carbocycles. The third kappa shape index (κ3) is 2.71. The molecule has 2 bridgehead atoms. The molecule has 3 aliphatic heterocycles. The van der Waals surface area contributed by atoms with Crippen LogP contribution in [0.15, 0.2) is 24.3 Å². The summed E-state index contributed by atoms with van der Waals surface area (Å²) in [6.45, 7) is 3.42. The molecule has 1 amide bonds. The summed E-state index contributed by atoms with van der Waals surface area (Å²) >= 11 is 0. The highest BCUT2D eigenvalue weighted by Gasteiger charge is 2.65. The normalized spacial score (nSPS) is 32.5. The van der Waals surface area contributed by atoms with Gasteiger partial charge >= 0.3 is 0 Å². The first-order valence-corrected chi connectivity index (χ1v) is 10.5. The fourth-order valence-corrected chi connectivity index (χ4v) is 6.82. The predicted molar refractivity (Wildman–Crippen MR) is 95.5 cm³/mol. The number of likely N-dealkylation sites (tertiary alicyclic amines) is 1. The van der Waals surface area contributed by atoms with E-state index in [0.29, 0.717) is 32.6 Å². The maximum Gasteiger partial charge on any atom is 0.227 e. The highest BCUT2D eigenvalue weighted by atomic mass is 32.2. The van der Waals surface area contributed by atoms with Gasteiger partial charge in [-0.25, -0.2) is 8.42 Å². The maximum atomic E-state index is 12.9. The number of likely N-dealkylation sites (N-methyl/N-ethyl adjacent to an activating group) is 1. The van der Waals surface area contributed by atoms with Gasteiger partial charge in [-0.05, 0) is 24.1 Å². The number of nitrogens with zero attached hydrogens (tertiary/aromatic N) is 2. The van der Waals surface area contributed by atoms with Gasteiger partial charge in [0.1, 0.15) is 16.6 Å². The van der Waals surface area contributed by atoms with Gasteiger partial charge in [0.15, 0.2) is 0 Å². The number of sulfonamides is 1. The van der Waals surface area contributed by atoms with E-state index in [2.05, 4.69) is 0 Å². The zero-order chi connectivity index (χ0) is 18.5. The van der Waals surface area contributed by atoms with Gasteiger partial charge in [0, 0.05) is 19.6 Å². The van der Waals surface area contributed by atoms with Crippen LogP contribution in [0.4, 0.5) is 0 Å². The van der Waals surface area contributed by atoms with Crippen molar-refractivity contribution in [2.75, 3.05) is 33.3 Å². The molecule has 7 nitrogen and oxygen atoms in total. The number of amides is 1. The molecular weight excluding hydrogens is 356 g/mol. The molecular formula is C18H24N2O5S. The lowest BCUT2D eigenvalue weighted by molar-refractivity contribution is -0.150. The fraction of sp³-hybridized carbons (Fsp3) is 0.611. The van der Waals surface area contributed by atoms with Crippen LogP contribution in [-0.4, -0.2) is 73.8 Å². The van der Waals surface area contributed by atoms with E-state index in [-0.39, 0.29) is 18.4 Å². The molecule has 8 heteroatoms. The largest absolute Gasteiger partial charge is 0.497 e. The summed E-state index contributed by atoms with van der Waals surface area (Å²) in [6.07, 6.45) is 0.549. The Morgan fingerprint density at radius 1 is 1.38 bits per heavy atom. The number of fused-ring (bicyclic) bond motifs is 1. The Kier molecular flexibility index (Phi) is 4.24. The summed E-state index contributed by atoms with van der Waals surface area (Å²) in [6, 6.07) is 7.46. The molecule has 1 spiro atoms. The first kappa shape index (κ1) is 17.8. The lowest BCUT2D eigenvalue weighted by atomic mass is 9.99. The van der Waals surface area contributed by atoms with Crippen LogP contribution in [0.1, 0.15) is 18.9 Å². The topological polar surface area (TPSA) is 76.2 Å². The Labute approximate surface area is 153 Å². The Bertz CT molecular complexity index is 827. The lowest BCUT2D eigenvalue weighted by Gasteiger charge is -2.39. The van der Waals surface area contributed by atoms with Crippen molar-refractivity contribution >= 4 is 15.9 Å². The third-order valence-corrected chi connectivity index (χ3v) is 8.15. The third-order valence-electron chi connectivity index (χ3n) is 5.71. The molecule has 0 radical (unpaired) electrons. The van der Waals surface area contributed by atoms with Crippen LogP contribution in [0.2, 0.25) is 0 Å². The molecule has 3 saturated heterocycles. The summed E-state index contributed by atoms with van der Waals surface area (Å²) in [5.74, 6) is 0.718. The molecule has 26 heavy (non-hydrogen) atoms. The van der Waals surface area contributed by atoms with Crippen LogP contribution in [0.3, 0.4) is 0 Å². The standard InChI is InChI=1S/C18H24N2O5S/c1-3-20-12-18-11-19(10-15(25-18)9-16(18)26(20,22)23)17(21)8-13-5-4-6-14(7-13)24-2/h4-7,15-16H,3,8-12H2,1-2H3/t15-,16+,18+/m0/s1. The molecule has 142 valence electrons. The van der Waals surface area contributed by atoms with E-state index >= 15 is 0 Å². The summed E-state index contributed by atoms with van der Waals surface area (Å²) in [5, 5.41) is -0.533. The van der Waals surface area contributed by atoms with Gasteiger partial charge in [0.25, 0.3) is 0 Å². The van der Waals surface area contributed by atoms with Crippen molar-refractivity contribution in [3.8, 4) is 5.75 Å². The van der Waals surface area contributed by atoms with E-state index in [9.17, 15) is 13.2 Å². The smallest absolute Gasteiger partial charge is 0.227 e. The first-order chi connectivity index (χ1) is 12.4. The molecule has 3 aliphatic rings. The maximum absolute atomic E-state index is 12.9. The zero-order valence-electron chi connectivity index (χ0n) is 15.1. The number of carbonyl (C=O) groups is 1. The van der Waals surface area contributed by atoms with Gasteiger partial charge in [-0.1, -0.05) is 19.1 Å². The number of hydrogen-bond donors (Lipinski definition) is 0. The second-order valence-corrected chi connectivity index (χ2v) is 9.42. The Balaban J connectivity index is 1.53. The number of morpholine rings is 1. The highest BCUT2D eigenvalue weighted by molar-refractivity contribution is 7.90. The van der Waals surface area contributed by atoms with Gasteiger partial charge in [-0.2, -0.15) is 4.31 Å². The molecule has 0 aromatic heterocycles. The van der Waals surface area contributed by atoms with E-state index < -0.39 is 20.9 Å². The van der Waals surface area contributed by atoms with Gasteiger partial charge in [-0.3, -0.25) is 4.79 Å². The summed E-state index contributed by atoms with van der Waals surface area (Å²) in [4.78, 5) is 14.6. The molecule has 0 N–H and O–H groups in total. The Morgan fingerprint density at radius 3 is 2.92 bits per heavy atom. The van der Waals surface area contributed by atoms with Crippen molar-refractivity contribution < 1.29 is 22.7 Å². The molecule has 0 saturated carbocycles. The van der Waals surface area contributed by atoms with Gasteiger partial charge in [-0.15, -0.1) is 0 Å². The minimum Gasteiger partial charge on any atom is -0.497 e. The van der Waals surface area contributed by atoms with Crippen LogP contribution in [0.5, 0.6) is 5.75 Å². The predicted octanol–water partition coefficient (Wildman–Crippen LogP) is 0.641. The number of methoxy groups -OCH3 is 1. The summed E-state index contributed by atoms with van der Waals surface area (Å²) in [7, 11) is -1.74. The molecule has 4 rings (SSSR count). The van der Waals surface area contributed by atoms with Crippen molar-refractivity contribution in [2.45, 2.75) is 36.7 Å². The monoisotopic (exact) mass is 380 g/mol. The van der Waals surface area contributed by atoms with E-state index in [1.807, 2.05) is 31.2 Å². The average Bonchev–Trinajstić information content (AvgIpc) is 3.00. The summed E-state index contributed by atoms with van der Waals surface area (Å²) < 4.78 is 38.2. The van der Waals surface area contributed by atoms with Crippen molar-refractivity contribution in [2.24, 2.45) is 0 Å². The number of benzene rings is 1. The number of hydrogen-bond acceptors (Lipinski definition) is 5. The number of rotatable bonds is 4. The van der Waals surface area contributed by atoms with Crippen LogP contribution >= 0.6 is 0 Å². The fourth-order valence-electron chi connectivity index (χ4n) is 4.49. The van der Waals surface area contributed by atoms with Crippen molar-refractivity contribution in [1.82, 2.24) is 9.21 Å². The van der Waals surface area contributed by atoms with Crippen LogP contribution in [0.25, 0.3) is 0 Å². The molecule has 0 aliphatic carbocycles. The lowest BCUT2D eigenvalue weighted by Crippen LogP contribution is -2.56. The van der Waals surface area contributed by atoms with Crippen molar-refractivity contribution in [1.29, 1.82) is 0 Å². The Hall–Kier alpha value is -1.64. The zero-order valence-corrected chi connectivity index (χ0v) is 15.9. The number of ether oxygens (including phenoxy) is 2. The van der Waals surface area contributed by atoms with Gasteiger partial charge in [0.2, 0.25) is 15.9 Å². The quantitative estimate of drug-likeness (QED) is 0.766. The Morgan fingerprint density at radius 2 is 2.19 bits per heavy atom. The molecule has 3 heterocycles. The van der Waals surface area contributed by atoms with Crippen LogP contribution < -0.4 is 4.74 Å². The van der Waals surface area contributed by atoms with E-state index in [0.717, 1.165) is 11.3 Å². The second-order valence-electron chi connectivity index (χ2n) is 7.30. The minimum atomic E-state index is -3.34. The summed E-state index contributed by atoms with van der Waals surface area (Å²) in [5.41, 5.74) is 0.110. The number of carbonyl (C=O) groups excluding carboxylic acids is 1. The first-order valence-electron chi connectivity index (χ1n) is 8.95. The second kappa shape index (κ2) is 6.21. The molecule has 0 unspecified atom stereocenters. The SMILES string of the molecule is CCN1C[C@]23CN(C(=O)Cc4cccc(OC)c4)C[C@H](C[C@H]2S1(=O)=O)O3. The average molecular weight is 380 g/mol. The molecule has 3 fully saturated rings. The van der Waals surface area contributed by atoms with Crippen molar-refractivity contribution in [3.63, 3.8) is 0 Å². The van der Waals surface area contributed by atoms with E-state index in [4.69, 9.17) is 9.47 Å². The minimum absolute atomic E-state index is 0.000996. The van der Waals surface area contributed by atoms with Crippen LogP contribution in [-0.2, 0) is 26.0 Å². The van der Waals surface area contributed by atoms with Gasteiger partial charge < -0.3 is 14.4 Å². The van der Waals surface area contributed by atoms with E-state index in [1.165, 1.54) is 4.31 Å². The highest BCUT2D eigenvalue weighted by Crippen LogP contribution is 2.46. The van der Waals surface area contributed by atoms with E-state index in [1.54, 1.807) is 12.0 Å².